The van der Waals surface area contributed by atoms with Crippen molar-refractivity contribution in [2.24, 2.45) is 11.8 Å². The van der Waals surface area contributed by atoms with Gasteiger partial charge < -0.3 is 4.55 Å². The lowest BCUT2D eigenvalue weighted by Crippen LogP contribution is -2.39. The fraction of sp³-hybridized carbons (Fsp3) is 1.00. The molecule has 1 aliphatic heterocycles. The van der Waals surface area contributed by atoms with Crippen LogP contribution in [0.4, 0.5) is 0 Å². The van der Waals surface area contributed by atoms with Crippen LogP contribution in [0.2, 0.25) is 0 Å². The average molecular weight is 365 g/mol. The second kappa shape index (κ2) is 6.98. The molecule has 1 rings (SSSR count). The number of hydrogen-bond acceptors (Lipinski definition) is 6. The van der Waals surface area contributed by atoms with E-state index in [-0.39, 0.29) is 25.3 Å². The fourth-order valence-electron chi connectivity index (χ4n) is 2.70. The van der Waals surface area contributed by atoms with Crippen molar-refractivity contribution in [3.8, 4) is 0 Å². The van der Waals surface area contributed by atoms with Gasteiger partial charge in [-0.2, -0.15) is 16.8 Å². The molecule has 0 amide bonds. The molecule has 21 heavy (non-hydrogen) atoms. The molecule has 9 nitrogen and oxygen atoms in total. The molecule has 0 aromatic carbocycles. The van der Waals surface area contributed by atoms with Gasteiger partial charge >= 0.3 is 0 Å². The van der Waals surface area contributed by atoms with Gasteiger partial charge in [-0.1, -0.05) is 6.92 Å². The summed E-state index contributed by atoms with van der Waals surface area (Å²) in [5.74, 6) is -2.08. The minimum absolute atomic E-state index is 0.0000463. The minimum Gasteiger partial charge on any atom is -0.306 e. The van der Waals surface area contributed by atoms with Gasteiger partial charge in [0, 0.05) is 13.1 Å². The molecule has 4 unspecified atom stereocenters. The standard InChI is InChI=1S/C9H19NO8S3/c1-2-9(21(16,17)18)10-3-7(5-19(11)12)8(4-10)6-20(13,14)15/h7-9H,2-6H2,1H3,(H,11,12)(H,13,14,15)(H,16,17,18). The van der Waals surface area contributed by atoms with E-state index >= 15 is 0 Å². The van der Waals surface area contributed by atoms with E-state index in [4.69, 9.17) is 9.11 Å². The molecule has 126 valence electrons. The maximum atomic E-state index is 11.3. The molecule has 3 N–H and O–H groups in total. The lowest BCUT2D eigenvalue weighted by atomic mass is 10.0. The van der Waals surface area contributed by atoms with Crippen LogP contribution in [0, 0.1) is 11.8 Å². The highest BCUT2D eigenvalue weighted by atomic mass is 32.2. The first-order valence-corrected chi connectivity index (χ1v) is 10.6. The molecule has 1 heterocycles. The zero-order chi connectivity index (χ0) is 16.4. The van der Waals surface area contributed by atoms with Gasteiger partial charge in [-0.3, -0.25) is 14.0 Å². The molecule has 1 aliphatic rings. The van der Waals surface area contributed by atoms with Crippen molar-refractivity contribution in [1.82, 2.24) is 4.90 Å². The first-order chi connectivity index (χ1) is 9.44. The van der Waals surface area contributed by atoms with Gasteiger partial charge in [0.2, 0.25) is 0 Å². The predicted octanol–water partition coefficient (Wildman–Crippen LogP) is -0.732. The highest BCUT2D eigenvalue weighted by molar-refractivity contribution is 7.86. The Hall–Kier alpha value is -0.110. The molecule has 1 fully saturated rings. The Morgan fingerprint density at radius 3 is 2.10 bits per heavy atom. The van der Waals surface area contributed by atoms with E-state index in [1.807, 2.05) is 0 Å². The molecule has 0 aliphatic carbocycles. The Morgan fingerprint density at radius 1 is 1.19 bits per heavy atom. The van der Waals surface area contributed by atoms with Crippen molar-refractivity contribution in [2.75, 3.05) is 24.6 Å². The Bertz CT molecular complexity index is 586. The molecule has 0 aromatic rings. The lowest BCUT2D eigenvalue weighted by Gasteiger charge is -2.23. The third-order valence-electron chi connectivity index (χ3n) is 3.49. The van der Waals surface area contributed by atoms with Crippen molar-refractivity contribution in [3.63, 3.8) is 0 Å². The van der Waals surface area contributed by atoms with Crippen molar-refractivity contribution < 1.29 is 34.7 Å². The Kier molecular flexibility index (Phi) is 6.29. The summed E-state index contributed by atoms with van der Waals surface area (Å²) in [6, 6.07) is 0. The quantitative estimate of drug-likeness (QED) is 0.392. The van der Waals surface area contributed by atoms with E-state index < -0.39 is 54.3 Å². The monoisotopic (exact) mass is 365 g/mol. The van der Waals surface area contributed by atoms with Gasteiger partial charge in [-0.15, -0.1) is 0 Å². The van der Waals surface area contributed by atoms with Gasteiger partial charge in [0.15, 0.2) is 11.1 Å². The SMILES string of the molecule is CCC(N1CC(CS(=O)O)C(CS(=O)(=O)O)C1)S(=O)(=O)O. The summed E-state index contributed by atoms with van der Waals surface area (Å²) in [7, 11) is -8.63. The molecule has 1 saturated heterocycles. The first-order valence-electron chi connectivity index (χ1n) is 6.17. The average Bonchev–Trinajstić information content (AvgIpc) is 2.56. The second-order valence-corrected chi connectivity index (χ2v) is 9.14. The van der Waals surface area contributed by atoms with Crippen LogP contribution in [0.1, 0.15) is 13.3 Å². The molecule has 0 radical (unpaired) electrons. The van der Waals surface area contributed by atoms with E-state index in [1.165, 1.54) is 4.90 Å². The number of rotatable bonds is 7. The zero-order valence-corrected chi connectivity index (χ0v) is 13.8. The number of hydrogen-bond donors (Lipinski definition) is 3. The summed E-state index contributed by atoms with van der Waals surface area (Å²) in [4.78, 5) is 1.36. The first kappa shape index (κ1) is 18.9. The molecule has 12 heteroatoms. The van der Waals surface area contributed by atoms with Crippen LogP contribution in [0.25, 0.3) is 0 Å². The third kappa shape index (κ3) is 5.88. The summed E-state index contributed by atoms with van der Waals surface area (Å²) >= 11 is -2.17. The lowest BCUT2D eigenvalue weighted by molar-refractivity contribution is 0.270. The molecule has 0 aromatic heterocycles. The summed E-state index contributed by atoms with van der Waals surface area (Å²) in [6.07, 6.45) is 0.0896. The largest absolute Gasteiger partial charge is 0.306 e. The van der Waals surface area contributed by atoms with E-state index in [9.17, 15) is 25.6 Å². The van der Waals surface area contributed by atoms with Crippen LogP contribution in [-0.4, -0.2) is 69.6 Å². The van der Waals surface area contributed by atoms with Crippen LogP contribution in [0.3, 0.4) is 0 Å². The molecular formula is C9H19NO8S3. The van der Waals surface area contributed by atoms with Crippen molar-refractivity contribution in [2.45, 2.75) is 18.7 Å². The van der Waals surface area contributed by atoms with E-state index in [0.29, 0.717) is 0 Å². The number of likely N-dealkylation sites (tertiary alicyclic amines) is 1. The molecule has 4 atom stereocenters. The third-order valence-corrected chi connectivity index (χ3v) is 6.37. The summed E-state index contributed by atoms with van der Waals surface area (Å²) in [5, 5.41) is -1.20. The normalized spacial score (nSPS) is 27.6. The maximum absolute atomic E-state index is 11.3. The topological polar surface area (TPSA) is 149 Å². The second-order valence-electron chi connectivity index (χ2n) is 5.09. The van der Waals surface area contributed by atoms with Crippen LogP contribution >= 0.6 is 0 Å². The Labute approximate surface area is 126 Å². The van der Waals surface area contributed by atoms with Crippen LogP contribution in [-0.2, 0) is 31.3 Å². The summed E-state index contributed by atoms with van der Waals surface area (Å²) < 4.78 is 82.6. The van der Waals surface area contributed by atoms with Crippen LogP contribution in [0.15, 0.2) is 0 Å². The highest BCUT2D eigenvalue weighted by Crippen LogP contribution is 2.29. The van der Waals surface area contributed by atoms with Crippen molar-refractivity contribution >= 4 is 31.3 Å². The minimum atomic E-state index is -4.34. The predicted molar refractivity (Wildman–Crippen MR) is 76.2 cm³/mol. The highest BCUT2D eigenvalue weighted by Gasteiger charge is 2.41. The van der Waals surface area contributed by atoms with Crippen molar-refractivity contribution in [3.05, 3.63) is 0 Å². The van der Waals surface area contributed by atoms with Gasteiger partial charge in [-0.05, 0) is 18.3 Å². The van der Waals surface area contributed by atoms with Crippen molar-refractivity contribution in [1.29, 1.82) is 0 Å². The maximum Gasteiger partial charge on any atom is 0.281 e. The molecule has 0 spiro atoms. The molecule has 0 bridgehead atoms. The van der Waals surface area contributed by atoms with Gasteiger partial charge in [-0.25, -0.2) is 4.21 Å². The van der Waals surface area contributed by atoms with E-state index in [2.05, 4.69) is 0 Å². The van der Waals surface area contributed by atoms with Gasteiger partial charge in [0.1, 0.15) is 5.37 Å². The van der Waals surface area contributed by atoms with Gasteiger partial charge in [0.05, 0.1) is 11.5 Å². The summed E-state index contributed by atoms with van der Waals surface area (Å²) in [6.45, 7) is 1.61. The Balaban J connectivity index is 2.96. The van der Waals surface area contributed by atoms with E-state index in [1.54, 1.807) is 6.92 Å². The fourth-order valence-corrected chi connectivity index (χ4v) is 5.33. The smallest absolute Gasteiger partial charge is 0.281 e. The Morgan fingerprint density at radius 2 is 1.71 bits per heavy atom. The van der Waals surface area contributed by atoms with Crippen LogP contribution in [0.5, 0.6) is 0 Å². The number of nitrogens with zero attached hydrogens (tertiary/aromatic N) is 1. The summed E-state index contributed by atoms with van der Waals surface area (Å²) in [5.41, 5.74) is 0. The van der Waals surface area contributed by atoms with Gasteiger partial charge in [0.25, 0.3) is 20.2 Å². The molecule has 0 saturated carbocycles. The van der Waals surface area contributed by atoms with E-state index in [0.717, 1.165) is 0 Å². The van der Waals surface area contributed by atoms with Crippen LogP contribution < -0.4 is 0 Å². The zero-order valence-electron chi connectivity index (χ0n) is 11.3. The molecular weight excluding hydrogens is 346 g/mol.